The maximum absolute atomic E-state index is 9.06. The minimum Gasteiger partial charge on any atom is -0.383 e. The average molecular weight is 311 g/mol. The van der Waals surface area contributed by atoms with E-state index < -0.39 is 0 Å². The number of rotatable bonds is 3. The molecule has 2 rings (SSSR count). The molecule has 1 N–H and O–H groups in total. The van der Waals surface area contributed by atoms with Gasteiger partial charge in [0.15, 0.2) is 0 Å². The quantitative estimate of drug-likeness (QED) is 0.916. The van der Waals surface area contributed by atoms with Crippen LogP contribution in [0.4, 0.5) is 5.69 Å². The molecule has 0 saturated carbocycles. The van der Waals surface area contributed by atoms with Gasteiger partial charge in [-0.2, -0.15) is 17.0 Å². The molecule has 0 bridgehead atoms. The maximum Gasteiger partial charge on any atom is 0.101 e. The van der Waals surface area contributed by atoms with Crippen LogP contribution >= 0.6 is 27.7 Å². The van der Waals surface area contributed by atoms with Crippen molar-refractivity contribution in [3.05, 3.63) is 28.2 Å². The van der Waals surface area contributed by atoms with E-state index in [-0.39, 0.29) is 0 Å². The predicted octanol–water partition coefficient (Wildman–Crippen LogP) is 4.02. The first kappa shape index (κ1) is 12.8. The standard InChI is InChI=1S/C13H15BrN2S/c14-11-4-5-13(10(7-11)8-15)16-9-12-3-1-2-6-17-12/h4-5,7,12,16H,1-3,6,9H2. The second kappa shape index (κ2) is 6.32. The monoisotopic (exact) mass is 310 g/mol. The number of nitrogens with one attached hydrogen (secondary N) is 1. The lowest BCUT2D eigenvalue weighted by Crippen LogP contribution is -2.20. The minimum absolute atomic E-state index is 0.693. The van der Waals surface area contributed by atoms with Gasteiger partial charge in [-0.3, -0.25) is 0 Å². The number of halogens is 1. The smallest absolute Gasteiger partial charge is 0.101 e. The lowest BCUT2D eigenvalue weighted by Gasteiger charge is -2.22. The fourth-order valence-electron chi connectivity index (χ4n) is 1.96. The van der Waals surface area contributed by atoms with E-state index in [0.717, 1.165) is 16.7 Å². The van der Waals surface area contributed by atoms with Crippen molar-refractivity contribution in [3.63, 3.8) is 0 Å². The largest absolute Gasteiger partial charge is 0.383 e. The lowest BCUT2D eigenvalue weighted by atomic mass is 10.1. The molecule has 0 amide bonds. The summed E-state index contributed by atoms with van der Waals surface area (Å²) in [4.78, 5) is 0. The summed E-state index contributed by atoms with van der Waals surface area (Å²) in [5.41, 5.74) is 1.65. The Balaban J connectivity index is 1.96. The zero-order valence-electron chi connectivity index (χ0n) is 9.58. The van der Waals surface area contributed by atoms with Gasteiger partial charge >= 0.3 is 0 Å². The molecule has 1 fully saturated rings. The summed E-state index contributed by atoms with van der Waals surface area (Å²) in [5, 5.41) is 13.2. The number of nitriles is 1. The molecule has 1 heterocycles. The van der Waals surface area contributed by atoms with Gasteiger partial charge in [0, 0.05) is 16.3 Å². The van der Waals surface area contributed by atoms with Crippen molar-refractivity contribution in [2.75, 3.05) is 17.6 Å². The van der Waals surface area contributed by atoms with Crippen LogP contribution in [0.15, 0.2) is 22.7 Å². The van der Waals surface area contributed by atoms with Crippen molar-refractivity contribution in [1.82, 2.24) is 0 Å². The highest BCUT2D eigenvalue weighted by Gasteiger charge is 2.14. The summed E-state index contributed by atoms with van der Waals surface area (Å²) in [5.74, 6) is 1.28. The van der Waals surface area contributed by atoms with Crippen LogP contribution in [0.25, 0.3) is 0 Å². The van der Waals surface area contributed by atoms with Crippen LogP contribution in [-0.4, -0.2) is 17.5 Å². The molecule has 1 atom stereocenters. The Morgan fingerprint density at radius 1 is 1.47 bits per heavy atom. The lowest BCUT2D eigenvalue weighted by molar-refractivity contribution is 0.677. The maximum atomic E-state index is 9.06. The minimum atomic E-state index is 0.693. The number of hydrogen-bond donors (Lipinski definition) is 1. The average Bonchev–Trinajstić information content (AvgIpc) is 2.38. The third-order valence-electron chi connectivity index (χ3n) is 2.90. The first-order valence-electron chi connectivity index (χ1n) is 5.85. The molecule has 90 valence electrons. The summed E-state index contributed by atoms with van der Waals surface area (Å²) in [6.07, 6.45) is 3.98. The summed E-state index contributed by atoms with van der Waals surface area (Å²) in [6, 6.07) is 8.02. The van der Waals surface area contributed by atoms with Gasteiger partial charge in [-0.25, -0.2) is 0 Å². The number of hydrogen-bond acceptors (Lipinski definition) is 3. The Kier molecular flexibility index (Phi) is 4.75. The fourth-order valence-corrected chi connectivity index (χ4v) is 3.56. The van der Waals surface area contributed by atoms with Gasteiger partial charge < -0.3 is 5.32 Å². The van der Waals surface area contributed by atoms with E-state index in [9.17, 15) is 0 Å². The van der Waals surface area contributed by atoms with E-state index >= 15 is 0 Å². The van der Waals surface area contributed by atoms with E-state index in [1.54, 1.807) is 0 Å². The molecule has 1 aliphatic heterocycles. The van der Waals surface area contributed by atoms with Gasteiger partial charge in [0.2, 0.25) is 0 Å². The molecule has 0 aromatic heterocycles. The molecule has 2 nitrogen and oxygen atoms in total. The van der Waals surface area contributed by atoms with Crippen LogP contribution in [0.5, 0.6) is 0 Å². The normalized spacial score (nSPS) is 19.6. The molecule has 1 aromatic rings. The second-order valence-electron chi connectivity index (χ2n) is 4.17. The molecule has 1 aliphatic rings. The SMILES string of the molecule is N#Cc1cc(Br)ccc1NCC1CCCCS1. The second-order valence-corrected chi connectivity index (χ2v) is 6.50. The van der Waals surface area contributed by atoms with E-state index in [1.165, 1.54) is 25.0 Å². The summed E-state index contributed by atoms with van der Waals surface area (Å²) in [6.45, 7) is 0.959. The zero-order chi connectivity index (χ0) is 12.1. The van der Waals surface area contributed by atoms with Gasteiger partial charge in [0.05, 0.1) is 11.3 Å². The van der Waals surface area contributed by atoms with Gasteiger partial charge in [-0.15, -0.1) is 0 Å². The van der Waals surface area contributed by atoms with Crippen LogP contribution in [0.1, 0.15) is 24.8 Å². The molecule has 1 unspecified atom stereocenters. The predicted molar refractivity (Wildman–Crippen MR) is 77.4 cm³/mol. The summed E-state index contributed by atoms with van der Waals surface area (Å²) in [7, 11) is 0. The number of benzene rings is 1. The summed E-state index contributed by atoms with van der Waals surface area (Å²) < 4.78 is 0.951. The Hall–Kier alpha value is -0.660. The zero-order valence-corrected chi connectivity index (χ0v) is 12.0. The van der Waals surface area contributed by atoms with Crippen LogP contribution in [0.3, 0.4) is 0 Å². The molecular weight excluding hydrogens is 296 g/mol. The highest BCUT2D eigenvalue weighted by atomic mass is 79.9. The number of nitrogens with zero attached hydrogens (tertiary/aromatic N) is 1. The van der Waals surface area contributed by atoms with E-state index in [4.69, 9.17) is 5.26 Å². The first-order valence-corrected chi connectivity index (χ1v) is 7.69. The topological polar surface area (TPSA) is 35.8 Å². The number of anilines is 1. The van der Waals surface area contributed by atoms with Crippen molar-refractivity contribution in [3.8, 4) is 6.07 Å². The fraction of sp³-hybridized carbons (Fsp3) is 0.462. The van der Waals surface area contributed by atoms with Crippen molar-refractivity contribution >= 4 is 33.4 Å². The molecule has 0 radical (unpaired) electrons. The first-order chi connectivity index (χ1) is 8.29. The van der Waals surface area contributed by atoms with Crippen molar-refractivity contribution < 1.29 is 0 Å². The summed E-state index contributed by atoms with van der Waals surface area (Å²) >= 11 is 5.43. The van der Waals surface area contributed by atoms with Crippen LogP contribution in [0, 0.1) is 11.3 Å². The Labute approximate surface area is 115 Å². The molecule has 1 aromatic carbocycles. The van der Waals surface area contributed by atoms with E-state index in [1.807, 2.05) is 30.0 Å². The van der Waals surface area contributed by atoms with Crippen molar-refractivity contribution in [2.24, 2.45) is 0 Å². The Bertz CT molecular complexity index is 422. The molecule has 0 spiro atoms. The highest BCUT2D eigenvalue weighted by molar-refractivity contribution is 9.10. The van der Waals surface area contributed by atoms with Crippen LogP contribution in [0.2, 0.25) is 0 Å². The van der Waals surface area contributed by atoms with Crippen LogP contribution < -0.4 is 5.32 Å². The van der Waals surface area contributed by atoms with E-state index in [0.29, 0.717) is 10.8 Å². The highest BCUT2D eigenvalue weighted by Crippen LogP contribution is 2.26. The molecule has 0 aliphatic carbocycles. The Morgan fingerprint density at radius 2 is 2.35 bits per heavy atom. The van der Waals surface area contributed by atoms with Crippen LogP contribution in [-0.2, 0) is 0 Å². The van der Waals surface area contributed by atoms with Gasteiger partial charge in [0.25, 0.3) is 0 Å². The molecule has 4 heteroatoms. The molecule has 17 heavy (non-hydrogen) atoms. The van der Waals surface area contributed by atoms with Gasteiger partial charge in [-0.05, 0) is 36.8 Å². The van der Waals surface area contributed by atoms with Crippen molar-refractivity contribution in [1.29, 1.82) is 5.26 Å². The van der Waals surface area contributed by atoms with Gasteiger partial charge in [-0.1, -0.05) is 22.4 Å². The Morgan fingerprint density at radius 3 is 3.06 bits per heavy atom. The third-order valence-corrected chi connectivity index (χ3v) is 4.79. The van der Waals surface area contributed by atoms with E-state index in [2.05, 4.69) is 27.3 Å². The third kappa shape index (κ3) is 3.65. The van der Waals surface area contributed by atoms with Crippen molar-refractivity contribution in [2.45, 2.75) is 24.5 Å². The molecular formula is C13H15BrN2S. The number of thioether (sulfide) groups is 1. The molecule has 1 saturated heterocycles. The van der Waals surface area contributed by atoms with Gasteiger partial charge in [0.1, 0.15) is 6.07 Å².